The summed E-state index contributed by atoms with van der Waals surface area (Å²) in [6.07, 6.45) is 3.29. The van der Waals surface area contributed by atoms with Crippen LogP contribution in [0.1, 0.15) is 37.3 Å². The summed E-state index contributed by atoms with van der Waals surface area (Å²) >= 11 is 0. The van der Waals surface area contributed by atoms with E-state index in [1.807, 2.05) is 0 Å². The van der Waals surface area contributed by atoms with E-state index in [4.69, 9.17) is 0 Å². The third-order valence-corrected chi connectivity index (χ3v) is 3.08. The number of nitrogens with one attached hydrogen (secondary N) is 1. The molecule has 0 aliphatic rings. The van der Waals surface area contributed by atoms with Crippen LogP contribution >= 0.6 is 0 Å². The van der Waals surface area contributed by atoms with Crippen LogP contribution < -0.4 is 0 Å². The van der Waals surface area contributed by atoms with Gasteiger partial charge in [-0.3, -0.25) is 0 Å². The molecule has 1 atom stereocenters. The summed E-state index contributed by atoms with van der Waals surface area (Å²) in [4.78, 5) is 3.31. The fourth-order valence-electron chi connectivity index (χ4n) is 2.02. The molecular weight excluding hydrogens is 170 g/mol. The number of fused-ring (bicyclic) bond motifs is 1. The summed E-state index contributed by atoms with van der Waals surface area (Å²) < 4.78 is 0. The molecule has 74 valence electrons. The van der Waals surface area contributed by atoms with Crippen LogP contribution in [0.15, 0.2) is 24.4 Å². The van der Waals surface area contributed by atoms with E-state index in [-0.39, 0.29) is 0 Å². The van der Waals surface area contributed by atoms with Crippen molar-refractivity contribution in [1.82, 2.24) is 4.98 Å². The Morgan fingerprint density at radius 1 is 1.36 bits per heavy atom. The van der Waals surface area contributed by atoms with Gasteiger partial charge in [0.2, 0.25) is 0 Å². The molecular formula is C13H17N. The Kier molecular flexibility index (Phi) is 2.32. The molecule has 0 spiro atoms. The number of H-pyrrole nitrogens is 1. The summed E-state index contributed by atoms with van der Waals surface area (Å²) in [5, 5.41) is 1.42. The average molecular weight is 187 g/mol. The maximum Gasteiger partial charge on any atom is 0.0459 e. The number of hydrogen-bond donors (Lipinski definition) is 1. The average Bonchev–Trinajstić information content (AvgIpc) is 2.59. The lowest BCUT2D eigenvalue weighted by atomic mass is 9.94. The predicted octanol–water partition coefficient (Wildman–Crippen LogP) is 3.99. The zero-order chi connectivity index (χ0) is 10.1. The van der Waals surface area contributed by atoms with Crippen LogP contribution in [0.3, 0.4) is 0 Å². The van der Waals surface area contributed by atoms with Crippen LogP contribution in [0.2, 0.25) is 0 Å². The fraction of sp³-hybridized carbons (Fsp3) is 0.385. The Morgan fingerprint density at radius 2 is 2.14 bits per heavy atom. The molecule has 14 heavy (non-hydrogen) atoms. The van der Waals surface area contributed by atoms with Crippen LogP contribution in [0.25, 0.3) is 10.9 Å². The smallest absolute Gasteiger partial charge is 0.0459 e. The molecule has 1 N–H and O–H groups in total. The Balaban J connectivity index is 2.69. The standard InChI is InChI=1S/C13H17N/c1-4-9(2)11-6-5-7-12-13(11)10(3)8-14-12/h5-9,14H,4H2,1-3H3. The van der Waals surface area contributed by atoms with Crippen molar-refractivity contribution in [3.8, 4) is 0 Å². The first-order chi connectivity index (χ1) is 6.74. The van der Waals surface area contributed by atoms with Gasteiger partial charge < -0.3 is 4.98 Å². The third kappa shape index (κ3) is 1.33. The second kappa shape index (κ2) is 3.49. The highest BCUT2D eigenvalue weighted by Gasteiger charge is 2.09. The molecule has 0 saturated heterocycles. The molecule has 1 aromatic carbocycles. The summed E-state index contributed by atoms with van der Waals surface area (Å²) in [6, 6.07) is 6.53. The first kappa shape index (κ1) is 9.32. The number of aromatic nitrogens is 1. The Bertz CT molecular complexity index is 439. The van der Waals surface area contributed by atoms with E-state index in [1.165, 1.54) is 28.5 Å². The first-order valence-corrected chi connectivity index (χ1v) is 5.30. The highest BCUT2D eigenvalue weighted by molar-refractivity contribution is 5.86. The van der Waals surface area contributed by atoms with E-state index in [0.29, 0.717) is 5.92 Å². The normalized spacial score (nSPS) is 13.4. The highest BCUT2D eigenvalue weighted by atomic mass is 14.7. The number of aromatic amines is 1. The number of aryl methyl sites for hydroxylation is 1. The van der Waals surface area contributed by atoms with Gasteiger partial charge in [0.25, 0.3) is 0 Å². The van der Waals surface area contributed by atoms with Gasteiger partial charge in [-0.2, -0.15) is 0 Å². The van der Waals surface area contributed by atoms with Gasteiger partial charge in [-0.1, -0.05) is 26.0 Å². The molecule has 0 bridgehead atoms. The lowest BCUT2D eigenvalue weighted by Gasteiger charge is -2.10. The SMILES string of the molecule is CCC(C)c1cccc2[nH]cc(C)c12. The summed E-state index contributed by atoms with van der Waals surface area (Å²) in [5.74, 6) is 0.646. The molecule has 2 rings (SSSR count). The molecule has 1 unspecified atom stereocenters. The highest BCUT2D eigenvalue weighted by Crippen LogP contribution is 2.29. The molecule has 1 heterocycles. The lowest BCUT2D eigenvalue weighted by Crippen LogP contribution is -1.92. The zero-order valence-corrected chi connectivity index (χ0v) is 9.09. The molecule has 0 saturated carbocycles. The number of benzene rings is 1. The maximum atomic E-state index is 3.31. The Morgan fingerprint density at radius 3 is 2.86 bits per heavy atom. The van der Waals surface area contributed by atoms with Crippen molar-refractivity contribution < 1.29 is 0 Å². The number of rotatable bonds is 2. The van der Waals surface area contributed by atoms with Gasteiger partial charge in [0, 0.05) is 17.1 Å². The summed E-state index contributed by atoms with van der Waals surface area (Å²) in [5.41, 5.74) is 4.10. The molecule has 0 radical (unpaired) electrons. The van der Waals surface area contributed by atoms with Crippen molar-refractivity contribution in [3.63, 3.8) is 0 Å². The largest absolute Gasteiger partial charge is 0.361 e. The zero-order valence-electron chi connectivity index (χ0n) is 9.09. The van der Waals surface area contributed by atoms with E-state index >= 15 is 0 Å². The van der Waals surface area contributed by atoms with Crippen molar-refractivity contribution in [1.29, 1.82) is 0 Å². The van der Waals surface area contributed by atoms with Crippen molar-refractivity contribution in [2.45, 2.75) is 33.1 Å². The van der Waals surface area contributed by atoms with Crippen molar-refractivity contribution >= 4 is 10.9 Å². The van der Waals surface area contributed by atoms with Gasteiger partial charge >= 0.3 is 0 Å². The third-order valence-electron chi connectivity index (χ3n) is 3.08. The summed E-state index contributed by atoms with van der Waals surface area (Å²) in [7, 11) is 0. The van der Waals surface area contributed by atoms with Gasteiger partial charge in [-0.25, -0.2) is 0 Å². The Hall–Kier alpha value is -1.24. The fourth-order valence-corrected chi connectivity index (χ4v) is 2.02. The molecule has 1 heteroatoms. The predicted molar refractivity (Wildman–Crippen MR) is 61.7 cm³/mol. The van der Waals surface area contributed by atoms with Crippen molar-refractivity contribution in [3.05, 3.63) is 35.5 Å². The topological polar surface area (TPSA) is 15.8 Å². The van der Waals surface area contributed by atoms with E-state index in [9.17, 15) is 0 Å². The van der Waals surface area contributed by atoms with E-state index in [0.717, 1.165) is 0 Å². The van der Waals surface area contributed by atoms with Crippen LogP contribution in [-0.2, 0) is 0 Å². The van der Waals surface area contributed by atoms with E-state index in [2.05, 4.69) is 50.2 Å². The van der Waals surface area contributed by atoms with Gasteiger partial charge in [-0.15, -0.1) is 0 Å². The van der Waals surface area contributed by atoms with Crippen LogP contribution in [0.4, 0.5) is 0 Å². The van der Waals surface area contributed by atoms with Crippen LogP contribution in [-0.4, -0.2) is 4.98 Å². The lowest BCUT2D eigenvalue weighted by molar-refractivity contribution is 0.739. The molecule has 0 aliphatic heterocycles. The molecule has 1 nitrogen and oxygen atoms in total. The minimum absolute atomic E-state index is 0.646. The van der Waals surface area contributed by atoms with Crippen molar-refractivity contribution in [2.24, 2.45) is 0 Å². The maximum absolute atomic E-state index is 3.31. The van der Waals surface area contributed by atoms with Gasteiger partial charge in [0.15, 0.2) is 0 Å². The van der Waals surface area contributed by atoms with Gasteiger partial charge in [0.1, 0.15) is 0 Å². The molecule has 2 aromatic rings. The van der Waals surface area contributed by atoms with Gasteiger partial charge in [-0.05, 0) is 36.5 Å². The first-order valence-electron chi connectivity index (χ1n) is 5.30. The molecule has 0 aliphatic carbocycles. The van der Waals surface area contributed by atoms with E-state index in [1.54, 1.807) is 0 Å². The summed E-state index contributed by atoms with van der Waals surface area (Å²) in [6.45, 7) is 6.71. The van der Waals surface area contributed by atoms with Crippen LogP contribution in [0, 0.1) is 6.92 Å². The second-order valence-corrected chi connectivity index (χ2v) is 4.05. The minimum atomic E-state index is 0.646. The molecule has 0 fully saturated rings. The Labute approximate surface area is 85.1 Å². The van der Waals surface area contributed by atoms with E-state index < -0.39 is 0 Å². The van der Waals surface area contributed by atoms with Crippen molar-refractivity contribution in [2.75, 3.05) is 0 Å². The quantitative estimate of drug-likeness (QED) is 0.731. The monoisotopic (exact) mass is 187 g/mol. The molecule has 0 amide bonds. The number of hydrogen-bond acceptors (Lipinski definition) is 0. The van der Waals surface area contributed by atoms with Crippen LogP contribution in [0.5, 0.6) is 0 Å². The minimum Gasteiger partial charge on any atom is -0.361 e. The second-order valence-electron chi connectivity index (χ2n) is 4.05. The molecule has 1 aromatic heterocycles. The van der Waals surface area contributed by atoms with Gasteiger partial charge in [0.05, 0.1) is 0 Å².